The van der Waals surface area contributed by atoms with E-state index < -0.39 is 8.07 Å². The van der Waals surface area contributed by atoms with Crippen LogP contribution >= 0.6 is 11.3 Å². The van der Waals surface area contributed by atoms with Crippen LogP contribution in [0.25, 0.3) is 10.1 Å². The van der Waals surface area contributed by atoms with E-state index in [0.717, 1.165) is 0 Å². The lowest BCUT2D eigenvalue weighted by molar-refractivity contribution is 0.332. The molecule has 0 N–H and O–H groups in total. The molecule has 0 fully saturated rings. The van der Waals surface area contributed by atoms with Gasteiger partial charge in [0.15, 0.2) is 0 Å². The molecule has 0 amide bonds. The first-order valence-electron chi connectivity index (χ1n) is 26.7. The van der Waals surface area contributed by atoms with E-state index in [1.165, 1.54) is 131 Å². The Labute approximate surface area is 422 Å². The molecule has 0 saturated carbocycles. The number of fused-ring (bicyclic) bond motifs is 9. The van der Waals surface area contributed by atoms with Crippen molar-refractivity contribution in [2.24, 2.45) is 0 Å². The fourth-order valence-corrected chi connectivity index (χ4v) is 16.1. The third-order valence-electron chi connectivity index (χ3n) is 18.9. The summed E-state index contributed by atoms with van der Waals surface area (Å²) in [7, 11) is -1.89. The van der Waals surface area contributed by atoms with E-state index in [2.05, 4.69) is 224 Å². The van der Waals surface area contributed by atoms with E-state index in [1.807, 2.05) is 0 Å². The van der Waals surface area contributed by atoms with Gasteiger partial charge in [-0.1, -0.05) is 153 Å². The predicted octanol–water partition coefficient (Wildman–Crippen LogP) is 16.2. The second-order valence-corrected chi connectivity index (χ2v) is 34.8. The van der Waals surface area contributed by atoms with Crippen LogP contribution in [0.2, 0.25) is 19.6 Å². The topological polar surface area (TPSA) is 6.48 Å². The van der Waals surface area contributed by atoms with Crippen LogP contribution < -0.4 is 31.4 Å². The van der Waals surface area contributed by atoms with E-state index in [9.17, 15) is 0 Å². The maximum atomic E-state index is 2.78. The highest BCUT2D eigenvalue weighted by Crippen LogP contribution is 2.55. The zero-order valence-electron chi connectivity index (χ0n) is 46.1. The first-order valence-corrected chi connectivity index (χ1v) is 31.0. The molecular formula is C64H81BN2SSi. The lowest BCUT2D eigenvalue weighted by Gasteiger charge is -2.48. The minimum Gasteiger partial charge on any atom is -0.311 e. The largest absolute Gasteiger partial charge is 0.311 e. The molecule has 0 atom stereocenters. The maximum Gasteiger partial charge on any atom is 0.254 e. The van der Waals surface area contributed by atoms with Gasteiger partial charge in [-0.15, -0.1) is 11.3 Å². The van der Waals surface area contributed by atoms with E-state index in [0.29, 0.717) is 0 Å². The molecule has 5 aromatic carbocycles. The molecule has 0 unspecified atom stereocenters. The molecule has 360 valence electrons. The average Bonchev–Trinajstić information content (AvgIpc) is 3.62. The molecule has 0 radical (unpaired) electrons. The highest BCUT2D eigenvalue weighted by molar-refractivity contribution is 7.26. The van der Waals surface area contributed by atoms with Gasteiger partial charge in [-0.05, 0) is 198 Å². The summed E-state index contributed by atoms with van der Waals surface area (Å²) in [5.41, 5.74) is 23.8. The summed E-state index contributed by atoms with van der Waals surface area (Å²) < 4.78 is 1.43. The number of benzene rings is 5. The van der Waals surface area contributed by atoms with Gasteiger partial charge >= 0.3 is 0 Å². The standard InChI is InChI=1S/C64H81BN2SSi/c1-38-30-39(58(2,3)4)20-23-50(38)67-53-33-41(69(17,18)19)32-52-56(53)65(55-42-34-45-48(37-54(42)68-57(55)67)64(15,16)29-26-61(45,9)10)49-35-46-47(63(13,14)28-27-62(46,11)12)36-51(49)66(52)40-21-22-43-44(31-40)60(7,8)25-24-59(43,5)6/h20-23,30-37H,24-29H2,1-19H3. The molecule has 3 aliphatic carbocycles. The summed E-state index contributed by atoms with van der Waals surface area (Å²) in [4.78, 5) is 5.55. The lowest BCUT2D eigenvalue weighted by Crippen LogP contribution is -2.62. The van der Waals surface area contributed by atoms with Gasteiger partial charge in [-0.3, -0.25) is 0 Å². The summed E-state index contributed by atoms with van der Waals surface area (Å²) in [5.74, 6) is 0. The molecule has 2 nitrogen and oxygen atoms in total. The van der Waals surface area contributed by atoms with Crippen molar-refractivity contribution in [1.29, 1.82) is 0 Å². The van der Waals surface area contributed by atoms with Gasteiger partial charge in [0.05, 0.1) is 13.1 Å². The van der Waals surface area contributed by atoms with E-state index >= 15 is 0 Å². The fraction of sp³-hybridized carbons (Fsp3) is 0.500. The summed E-state index contributed by atoms with van der Waals surface area (Å²) in [6.07, 6.45) is 7.21. The fourth-order valence-electron chi connectivity index (χ4n) is 13.7. The SMILES string of the molecule is Cc1cc(C(C)(C)C)ccc1N1c2cc([Si](C)(C)C)cc3c2B(c2cc4c(cc2N3c2ccc3c(c2)C(C)(C)CCC3(C)C)C(C)(C)CCC4(C)C)c2c1sc1cc3c(cc21)C(C)(C)CCC3(C)C. The van der Waals surface area contributed by atoms with Crippen LogP contribution in [0.5, 0.6) is 0 Å². The first-order chi connectivity index (χ1) is 31.8. The van der Waals surface area contributed by atoms with Crippen LogP contribution in [0, 0.1) is 6.92 Å². The van der Waals surface area contributed by atoms with Crippen LogP contribution in [-0.2, 0) is 37.9 Å². The van der Waals surface area contributed by atoms with Crippen molar-refractivity contribution >= 4 is 91.2 Å². The number of hydrogen-bond donors (Lipinski definition) is 0. The summed E-state index contributed by atoms with van der Waals surface area (Å²) in [6.45, 7) is 47.2. The van der Waals surface area contributed by atoms with Crippen LogP contribution in [-0.4, -0.2) is 14.8 Å². The van der Waals surface area contributed by atoms with E-state index in [1.54, 1.807) is 16.7 Å². The summed E-state index contributed by atoms with van der Waals surface area (Å²) >= 11 is 2.06. The van der Waals surface area contributed by atoms with Gasteiger partial charge in [0.25, 0.3) is 6.71 Å². The predicted molar refractivity (Wildman–Crippen MR) is 308 cm³/mol. The molecule has 5 aliphatic rings. The zero-order valence-corrected chi connectivity index (χ0v) is 47.9. The normalized spacial score (nSPS) is 20.9. The molecule has 0 spiro atoms. The van der Waals surface area contributed by atoms with Gasteiger partial charge in [-0.2, -0.15) is 0 Å². The molecule has 5 heteroatoms. The van der Waals surface area contributed by atoms with Gasteiger partial charge in [-0.25, -0.2) is 0 Å². The highest BCUT2D eigenvalue weighted by atomic mass is 32.1. The Morgan fingerprint density at radius 2 is 0.986 bits per heavy atom. The minimum absolute atomic E-state index is 0.0546. The third kappa shape index (κ3) is 7.02. The summed E-state index contributed by atoms with van der Waals surface area (Å²) in [6, 6.07) is 31.3. The molecule has 1 aromatic heterocycles. The average molecular weight is 949 g/mol. The Kier molecular flexibility index (Phi) is 9.97. The molecule has 2 aliphatic heterocycles. The van der Waals surface area contributed by atoms with Crippen molar-refractivity contribution in [1.82, 2.24) is 0 Å². The summed E-state index contributed by atoms with van der Waals surface area (Å²) in [5, 5.41) is 4.37. The number of anilines is 6. The Morgan fingerprint density at radius 3 is 1.52 bits per heavy atom. The Bertz CT molecular complexity index is 3180. The molecule has 0 bridgehead atoms. The quantitative estimate of drug-likeness (QED) is 0.163. The van der Waals surface area contributed by atoms with Crippen LogP contribution in [0.4, 0.5) is 33.4 Å². The molecule has 3 heterocycles. The first kappa shape index (κ1) is 47.3. The van der Waals surface area contributed by atoms with Crippen molar-refractivity contribution in [2.75, 3.05) is 9.80 Å². The van der Waals surface area contributed by atoms with Crippen LogP contribution in [0.1, 0.15) is 187 Å². The number of nitrogens with zero attached hydrogens (tertiary/aromatic N) is 2. The number of rotatable bonds is 3. The van der Waals surface area contributed by atoms with Gasteiger partial charge in [0.2, 0.25) is 0 Å². The smallest absolute Gasteiger partial charge is 0.254 e. The van der Waals surface area contributed by atoms with Gasteiger partial charge < -0.3 is 9.80 Å². The molecule has 6 aromatic rings. The second-order valence-electron chi connectivity index (χ2n) is 28.7. The van der Waals surface area contributed by atoms with Crippen LogP contribution in [0.15, 0.2) is 72.8 Å². The third-order valence-corrected chi connectivity index (χ3v) is 22.1. The number of aryl methyl sites for hydroxylation is 1. The minimum atomic E-state index is -1.89. The van der Waals surface area contributed by atoms with E-state index in [4.69, 9.17) is 0 Å². The van der Waals surface area contributed by atoms with Crippen LogP contribution in [0.3, 0.4) is 0 Å². The zero-order chi connectivity index (χ0) is 49.7. The van der Waals surface area contributed by atoms with Crippen molar-refractivity contribution in [2.45, 2.75) is 207 Å². The second kappa shape index (κ2) is 14.6. The molecule has 0 saturated heterocycles. The number of thiophene rings is 1. The Hall–Kier alpha value is -4.06. The van der Waals surface area contributed by atoms with Crippen molar-refractivity contribution in [3.8, 4) is 0 Å². The monoisotopic (exact) mass is 949 g/mol. The molecule has 11 rings (SSSR count). The van der Waals surface area contributed by atoms with Crippen molar-refractivity contribution in [3.63, 3.8) is 0 Å². The highest BCUT2D eigenvalue weighted by Gasteiger charge is 2.50. The van der Waals surface area contributed by atoms with E-state index in [-0.39, 0.29) is 44.6 Å². The van der Waals surface area contributed by atoms with Gasteiger partial charge in [0, 0.05) is 33.1 Å². The van der Waals surface area contributed by atoms with Crippen molar-refractivity contribution in [3.05, 3.63) is 117 Å². The lowest BCUT2D eigenvalue weighted by atomic mass is 9.33. The van der Waals surface area contributed by atoms with Gasteiger partial charge in [0.1, 0.15) is 0 Å². The van der Waals surface area contributed by atoms with Crippen molar-refractivity contribution < 1.29 is 0 Å². The molecular weight excluding hydrogens is 868 g/mol. The Balaban J connectivity index is 1.32. The maximum absolute atomic E-state index is 2.78. The molecule has 69 heavy (non-hydrogen) atoms. The Morgan fingerprint density at radius 1 is 0.493 bits per heavy atom. The number of hydrogen-bond acceptors (Lipinski definition) is 3.